The van der Waals surface area contributed by atoms with E-state index in [1.54, 1.807) is 0 Å². The van der Waals surface area contributed by atoms with E-state index in [0.29, 0.717) is 0 Å². The zero-order valence-corrected chi connectivity index (χ0v) is 30.0. The van der Waals surface area contributed by atoms with Crippen LogP contribution in [0.4, 0.5) is 17.1 Å². The Hall–Kier alpha value is -6.31. The summed E-state index contributed by atoms with van der Waals surface area (Å²) < 4.78 is 0. The van der Waals surface area contributed by atoms with Crippen LogP contribution in [0.3, 0.4) is 0 Å². The first-order valence-electron chi connectivity index (χ1n) is 18.7. The van der Waals surface area contributed by atoms with Gasteiger partial charge in [0, 0.05) is 17.1 Å². The predicted molar refractivity (Wildman–Crippen MR) is 229 cm³/mol. The van der Waals surface area contributed by atoms with Crippen molar-refractivity contribution in [1.82, 2.24) is 0 Å². The molecule has 2 heterocycles. The number of hydrogen-bond acceptors (Lipinski definition) is 1. The maximum absolute atomic E-state index is 2.58. The molecule has 0 aliphatic carbocycles. The summed E-state index contributed by atoms with van der Waals surface area (Å²) in [6.07, 6.45) is 0. The van der Waals surface area contributed by atoms with Crippen LogP contribution >= 0.6 is 0 Å². The molecule has 0 spiro atoms. The molecule has 8 aromatic rings. The summed E-state index contributed by atoms with van der Waals surface area (Å²) in [6.45, 7) is 4.54. The molecule has 3 heteroatoms. The van der Waals surface area contributed by atoms with Gasteiger partial charge in [0.05, 0.1) is 0 Å². The van der Waals surface area contributed by atoms with Crippen molar-refractivity contribution in [3.8, 4) is 33.4 Å². The number of fused-ring (bicyclic) bond motifs is 4. The summed E-state index contributed by atoms with van der Waals surface area (Å²) in [6, 6.07) is 70.1. The molecule has 8 aromatic carbocycles. The van der Waals surface area contributed by atoms with E-state index >= 15 is 0 Å². The van der Waals surface area contributed by atoms with Crippen LogP contribution in [0.5, 0.6) is 0 Å². The third-order valence-electron chi connectivity index (χ3n) is 11.2. The average molecular weight is 673 g/mol. The Kier molecular flexibility index (Phi) is 7.54. The highest BCUT2D eigenvalue weighted by atomic mass is 15.2. The second-order valence-electron chi connectivity index (χ2n) is 14.7. The Bertz CT molecular complexity index is 2490. The number of anilines is 3. The van der Waals surface area contributed by atoms with Crippen molar-refractivity contribution in [3.63, 3.8) is 0 Å². The van der Waals surface area contributed by atoms with Gasteiger partial charge in [0.15, 0.2) is 0 Å². The van der Waals surface area contributed by atoms with E-state index in [-0.39, 0.29) is 13.4 Å². The fraction of sp³-hybridized carbons (Fsp3) is 0.0400. The van der Waals surface area contributed by atoms with Gasteiger partial charge in [0.1, 0.15) is 0 Å². The molecule has 0 amide bonds. The van der Waals surface area contributed by atoms with E-state index < -0.39 is 0 Å². The van der Waals surface area contributed by atoms with Crippen molar-refractivity contribution in [2.45, 2.75) is 13.8 Å². The molecule has 0 fully saturated rings. The lowest BCUT2D eigenvalue weighted by atomic mass is 9.30. The molecule has 0 atom stereocenters. The van der Waals surface area contributed by atoms with E-state index in [2.05, 4.69) is 207 Å². The first-order chi connectivity index (χ1) is 26.1. The monoisotopic (exact) mass is 673 g/mol. The van der Waals surface area contributed by atoms with Crippen LogP contribution < -0.4 is 37.7 Å². The molecule has 0 aromatic heterocycles. The summed E-state index contributed by atoms with van der Waals surface area (Å²) >= 11 is 0. The fourth-order valence-corrected chi connectivity index (χ4v) is 8.87. The Morgan fingerprint density at radius 1 is 0.321 bits per heavy atom. The van der Waals surface area contributed by atoms with Crippen LogP contribution in [0.15, 0.2) is 188 Å². The Balaban J connectivity index is 1.29. The summed E-state index contributed by atoms with van der Waals surface area (Å²) in [7, 11) is 0. The van der Waals surface area contributed by atoms with Crippen molar-refractivity contribution in [2.24, 2.45) is 0 Å². The number of rotatable bonds is 5. The molecule has 1 nitrogen and oxygen atoms in total. The van der Waals surface area contributed by atoms with Crippen molar-refractivity contribution < 1.29 is 0 Å². The highest BCUT2D eigenvalue weighted by molar-refractivity contribution is 7.02. The van der Waals surface area contributed by atoms with Gasteiger partial charge in [-0.2, -0.15) is 0 Å². The van der Waals surface area contributed by atoms with Crippen molar-refractivity contribution >= 4 is 63.3 Å². The standard InChI is InChI=1S/C50H37B2N/c1-34-24-26-48-44(28-34)51(42-22-12-20-39(30-42)36-14-6-3-7-15-36)46-32-41(38-18-10-5-11-19-38)33-47-50(46)53(48)49-27-25-35(2)29-45(49)52(47)43-23-13-21-40(31-43)37-16-8-4-9-17-37/h3-33H,1-2H3. The molecule has 0 N–H and O–H groups in total. The van der Waals surface area contributed by atoms with E-state index in [1.165, 1.54) is 94.3 Å². The minimum atomic E-state index is 0.0468. The van der Waals surface area contributed by atoms with Crippen LogP contribution in [-0.4, -0.2) is 13.4 Å². The minimum absolute atomic E-state index is 0.0468. The normalized spacial score (nSPS) is 12.6. The zero-order valence-electron chi connectivity index (χ0n) is 30.0. The van der Waals surface area contributed by atoms with Gasteiger partial charge >= 0.3 is 0 Å². The van der Waals surface area contributed by atoms with Gasteiger partial charge in [-0.15, -0.1) is 0 Å². The maximum atomic E-state index is 2.58. The summed E-state index contributed by atoms with van der Waals surface area (Å²) in [5, 5.41) is 0. The molecule has 0 unspecified atom stereocenters. The van der Waals surface area contributed by atoms with E-state index in [0.717, 1.165) is 0 Å². The van der Waals surface area contributed by atoms with Crippen LogP contribution in [-0.2, 0) is 0 Å². The SMILES string of the molecule is Cc1ccc2c(c1)B(c1cccc(-c3ccccc3)c1)c1cc(-c3ccccc3)cc3c1N2c1ccc(C)cc1B3c1cccc(-c2ccccc2)c1. The second-order valence-corrected chi connectivity index (χ2v) is 14.7. The van der Waals surface area contributed by atoms with Crippen LogP contribution in [0.2, 0.25) is 0 Å². The third-order valence-corrected chi connectivity index (χ3v) is 11.2. The van der Waals surface area contributed by atoms with Gasteiger partial charge < -0.3 is 4.90 Å². The molecule has 2 aliphatic heterocycles. The summed E-state index contributed by atoms with van der Waals surface area (Å²) in [5.74, 6) is 0. The first-order valence-corrected chi connectivity index (χ1v) is 18.7. The topological polar surface area (TPSA) is 3.24 Å². The van der Waals surface area contributed by atoms with Gasteiger partial charge in [-0.1, -0.05) is 198 Å². The Morgan fingerprint density at radius 2 is 0.717 bits per heavy atom. The van der Waals surface area contributed by atoms with E-state index in [9.17, 15) is 0 Å². The summed E-state index contributed by atoms with van der Waals surface area (Å²) in [5.41, 5.74) is 21.8. The predicted octanol–water partition coefficient (Wildman–Crippen LogP) is 8.43. The van der Waals surface area contributed by atoms with E-state index in [1.807, 2.05) is 0 Å². The van der Waals surface area contributed by atoms with Crippen LogP contribution in [0, 0.1) is 13.8 Å². The smallest absolute Gasteiger partial charge is 0.246 e. The molecular weight excluding hydrogens is 636 g/mol. The maximum Gasteiger partial charge on any atom is 0.246 e. The lowest BCUT2D eigenvalue weighted by Gasteiger charge is -2.44. The molecular formula is C50H37B2N. The second kappa shape index (κ2) is 12.7. The third kappa shape index (κ3) is 5.35. The lowest BCUT2D eigenvalue weighted by Crippen LogP contribution is -2.65. The largest absolute Gasteiger partial charge is 0.313 e. The van der Waals surface area contributed by atoms with Crippen molar-refractivity contribution in [1.29, 1.82) is 0 Å². The average Bonchev–Trinajstić information content (AvgIpc) is 3.21. The molecule has 248 valence electrons. The molecule has 0 saturated carbocycles. The van der Waals surface area contributed by atoms with Crippen molar-refractivity contribution in [2.75, 3.05) is 4.90 Å². The first kappa shape index (κ1) is 31.4. The number of hydrogen-bond donors (Lipinski definition) is 0. The molecule has 53 heavy (non-hydrogen) atoms. The van der Waals surface area contributed by atoms with Crippen LogP contribution in [0.25, 0.3) is 33.4 Å². The number of benzene rings is 8. The summed E-state index contributed by atoms with van der Waals surface area (Å²) in [4.78, 5) is 2.58. The molecule has 2 aliphatic rings. The minimum Gasteiger partial charge on any atom is -0.313 e. The Morgan fingerprint density at radius 3 is 1.15 bits per heavy atom. The van der Waals surface area contributed by atoms with Gasteiger partial charge in [-0.05, 0) is 81.2 Å². The zero-order chi connectivity index (χ0) is 35.5. The van der Waals surface area contributed by atoms with Crippen LogP contribution in [0.1, 0.15) is 11.1 Å². The number of aryl methyl sites for hydroxylation is 2. The molecule has 0 bridgehead atoms. The fourth-order valence-electron chi connectivity index (χ4n) is 8.87. The van der Waals surface area contributed by atoms with Gasteiger partial charge in [-0.25, -0.2) is 0 Å². The Labute approximate surface area is 313 Å². The van der Waals surface area contributed by atoms with Crippen molar-refractivity contribution in [3.05, 3.63) is 199 Å². The highest BCUT2D eigenvalue weighted by Gasteiger charge is 2.44. The number of nitrogens with zero attached hydrogens (tertiary/aromatic N) is 1. The molecule has 0 radical (unpaired) electrons. The molecule has 0 saturated heterocycles. The van der Waals surface area contributed by atoms with E-state index in [4.69, 9.17) is 0 Å². The lowest BCUT2D eigenvalue weighted by molar-refractivity contribution is 1.29. The molecule has 10 rings (SSSR count). The highest BCUT2D eigenvalue weighted by Crippen LogP contribution is 2.39. The quantitative estimate of drug-likeness (QED) is 0.166. The van der Waals surface area contributed by atoms with Gasteiger partial charge in [0.25, 0.3) is 0 Å². The van der Waals surface area contributed by atoms with Gasteiger partial charge in [-0.3, -0.25) is 0 Å². The van der Waals surface area contributed by atoms with Gasteiger partial charge in [0.2, 0.25) is 13.4 Å².